The summed E-state index contributed by atoms with van der Waals surface area (Å²) >= 11 is 5.77. The molecule has 0 bridgehead atoms. The second-order valence-electron chi connectivity index (χ2n) is 8.50. The third-order valence-corrected chi connectivity index (χ3v) is 8.14. The molecule has 0 spiro atoms. The van der Waals surface area contributed by atoms with E-state index in [9.17, 15) is 35.6 Å². The molecule has 39 heavy (non-hydrogen) atoms. The molecule has 1 aliphatic heterocycles. The third kappa shape index (κ3) is 6.54. The van der Waals surface area contributed by atoms with E-state index >= 15 is 0 Å². The number of nitrogens with zero attached hydrogens (tertiary/aromatic N) is 2. The maximum Gasteiger partial charge on any atom is 0.417 e. The SMILES string of the molecule is O=C(COC(=O)C[C@H]1c2ccccc2CCN1S(=O)(=O)c1ccc(F)cc1)Nc1ncc(C(F)(F)F)cc1Cl. The van der Waals surface area contributed by atoms with Gasteiger partial charge in [-0.15, -0.1) is 0 Å². The number of fused-ring (bicyclic) bond motifs is 1. The van der Waals surface area contributed by atoms with Crippen molar-refractivity contribution in [3.63, 3.8) is 0 Å². The monoisotopic (exact) mass is 585 g/mol. The number of sulfonamides is 1. The number of amides is 1. The van der Waals surface area contributed by atoms with Gasteiger partial charge in [-0.1, -0.05) is 35.9 Å². The van der Waals surface area contributed by atoms with Crippen molar-refractivity contribution in [3.8, 4) is 0 Å². The van der Waals surface area contributed by atoms with Gasteiger partial charge in [0.15, 0.2) is 12.4 Å². The van der Waals surface area contributed by atoms with Crippen LogP contribution in [0.2, 0.25) is 5.02 Å². The zero-order valence-corrected chi connectivity index (χ0v) is 21.5. The topological polar surface area (TPSA) is 106 Å². The van der Waals surface area contributed by atoms with Crippen LogP contribution in [0.5, 0.6) is 0 Å². The molecule has 4 rings (SSSR count). The van der Waals surface area contributed by atoms with Crippen LogP contribution in [0.15, 0.2) is 65.7 Å². The fourth-order valence-electron chi connectivity index (χ4n) is 4.09. The van der Waals surface area contributed by atoms with Gasteiger partial charge in [-0.05, 0) is 47.9 Å². The van der Waals surface area contributed by atoms with Gasteiger partial charge in [0, 0.05) is 12.7 Å². The van der Waals surface area contributed by atoms with Crippen LogP contribution < -0.4 is 5.32 Å². The molecule has 1 amide bonds. The molecule has 8 nitrogen and oxygen atoms in total. The lowest BCUT2D eigenvalue weighted by Crippen LogP contribution is -2.41. The van der Waals surface area contributed by atoms with Gasteiger partial charge in [-0.3, -0.25) is 9.59 Å². The number of anilines is 1. The van der Waals surface area contributed by atoms with Crippen molar-refractivity contribution in [2.75, 3.05) is 18.5 Å². The minimum absolute atomic E-state index is 0.0489. The molecular formula is C25H20ClF4N3O5S. The van der Waals surface area contributed by atoms with E-state index in [0.29, 0.717) is 24.2 Å². The zero-order valence-electron chi connectivity index (χ0n) is 19.9. The lowest BCUT2D eigenvalue weighted by Gasteiger charge is -2.36. The first-order chi connectivity index (χ1) is 18.4. The van der Waals surface area contributed by atoms with E-state index in [1.54, 1.807) is 18.2 Å². The van der Waals surface area contributed by atoms with E-state index in [4.69, 9.17) is 16.3 Å². The molecule has 1 N–H and O–H groups in total. The summed E-state index contributed by atoms with van der Waals surface area (Å²) in [7, 11) is -4.13. The lowest BCUT2D eigenvalue weighted by molar-refractivity contribution is -0.148. The number of carbonyl (C=O) groups excluding carboxylic acids is 2. The quantitative estimate of drug-likeness (QED) is 0.317. The number of benzene rings is 2. The molecule has 206 valence electrons. The fraction of sp³-hybridized carbons (Fsp3) is 0.240. The highest BCUT2D eigenvalue weighted by atomic mass is 35.5. The number of alkyl halides is 3. The number of pyridine rings is 1. The Kier molecular flexibility index (Phi) is 8.23. The van der Waals surface area contributed by atoms with Crippen LogP contribution in [0.1, 0.15) is 29.2 Å². The maximum absolute atomic E-state index is 13.4. The minimum atomic E-state index is -4.68. The summed E-state index contributed by atoms with van der Waals surface area (Å²) < 4.78 is 84.6. The van der Waals surface area contributed by atoms with Crippen molar-refractivity contribution in [2.45, 2.75) is 30.0 Å². The summed E-state index contributed by atoms with van der Waals surface area (Å²) in [5.41, 5.74) is 0.308. The average Bonchev–Trinajstić information content (AvgIpc) is 2.88. The van der Waals surface area contributed by atoms with Crippen molar-refractivity contribution in [3.05, 3.63) is 88.3 Å². The van der Waals surface area contributed by atoms with Gasteiger partial charge in [-0.25, -0.2) is 17.8 Å². The number of nitrogens with one attached hydrogen (secondary N) is 1. The number of carbonyl (C=O) groups is 2. The highest BCUT2D eigenvalue weighted by Gasteiger charge is 2.38. The summed E-state index contributed by atoms with van der Waals surface area (Å²) in [6.45, 7) is -0.774. The number of hydrogen-bond donors (Lipinski definition) is 1. The fourth-order valence-corrected chi connectivity index (χ4v) is 5.91. The Labute approximate surface area is 225 Å². The van der Waals surface area contributed by atoms with Crippen molar-refractivity contribution < 1.29 is 40.3 Å². The van der Waals surface area contributed by atoms with Crippen LogP contribution in [-0.4, -0.2) is 42.7 Å². The van der Waals surface area contributed by atoms with E-state index in [-0.39, 0.29) is 17.3 Å². The number of aromatic nitrogens is 1. The molecule has 0 radical (unpaired) electrons. The molecule has 0 saturated heterocycles. The van der Waals surface area contributed by atoms with Gasteiger partial charge in [-0.2, -0.15) is 17.5 Å². The largest absolute Gasteiger partial charge is 0.456 e. The molecule has 1 aliphatic rings. The van der Waals surface area contributed by atoms with Crippen LogP contribution in [0.3, 0.4) is 0 Å². The third-order valence-electron chi connectivity index (χ3n) is 5.93. The molecule has 3 aromatic rings. The summed E-state index contributed by atoms with van der Waals surface area (Å²) in [4.78, 5) is 28.3. The summed E-state index contributed by atoms with van der Waals surface area (Å²) in [6.07, 6.45) is -4.25. The summed E-state index contributed by atoms with van der Waals surface area (Å²) in [5.74, 6) is -2.79. The molecule has 0 saturated carbocycles. The Hall–Kier alpha value is -3.55. The van der Waals surface area contributed by atoms with Gasteiger partial charge < -0.3 is 10.1 Å². The Bertz CT molecular complexity index is 1500. The van der Waals surface area contributed by atoms with Crippen LogP contribution >= 0.6 is 11.6 Å². The molecule has 0 unspecified atom stereocenters. The first-order valence-corrected chi connectivity index (χ1v) is 13.2. The molecule has 1 aromatic heterocycles. The number of esters is 1. The highest BCUT2D eigenvalue weighted by Crippen LogP contribution is 2.37. The lowest BCUT2D eigenvalue weighted by atomic mass is 9.92. The number of hydrogen-bond acceptors (Lipinski definition) is 6. The van der Waals surface area contributed by atoms with Gasteiger partial charge in [0.05, 0.1) is 27.9 Å². The zero-order chi connectivity index (χ0) is 28.4. The van der Waals surface area contributed by atoms with E-state index in [1.807, 2.05) is 6.07 Å². The highest BCUT2D eigenvalue weighted by molar-refractivity contribution is 7.89. The smallest absolute Gasteiger partial charge is 0.417 e. The number of halogens is 5. The predicted molar refractivity (Wildman–Crippen MR) is 132 cm³/mol. The summed E-state index contributed by atoms with van der Waals surface area (Å²) in [6, 6.07) is 10.9. The molecule has 0 aliphatic carbocycles. The van der Waals surface area contributed by atoms with Gasteiger partial charge in [0.25, 0.3) is 5.91 Å². The first kappa shape index (κ1) is 28.5. The van der Waals surface area contributed by atoms with Gasteiger partial charge in [0.2, 0.25) is 10.0 Å². The van der Waals surface area contributed by atoms with Crippen molar-refractivity contribution >= 4 is 39.3 Å². The van der Waals surface area contributed by atoms with Crippen molar-refractivity contribution in [1.82, 2.24) is 9.29 Å². The van der Waals surface area contributed by atoms with Gasteiger partial charge in [0.1, 0.15) is 5.82 Å². The summed E-state index contributed by atoms with van der Waals surface area (Å²) in [5, 5.41) is 1.69. The second-order valence-corrected chi connectivity index (χ2v) is 10.8. The van der Waals surface area contributed by atoms with Crippen LogP contribution in [-0.2, 0) is 36.9 Å². The van der Waals surface area contributed by atoms with E-state index in [0.717, 1.165) is 34.1 Å². The normalized spacial score (nSPS) is 15.9. The van der Waals surface area contributed by atoms with Gasteiger partial charge >= 0.3 is 12.1 Å². The molecule has 0 fully saturated rings. The minimum Gasteiger partial charge on any atom is -0.456 e. The predicted octanol–water partition coefficient (Wildman–Crippen LogP) is 4.75. The Balaban J connectivity index is 1.46. The first-order valence-electron chi connectivity index (χ1n) is 11.4. The number of ether oxygens (including phenoxy) is 1. The molecule has 14 heteroatoms. The second kappa shape index (κ2) is 11.3. The van der Waals surface area contributed by atoms with E-state index < -0.39 is 63.5 Å². The molecule has 2 heterocycles. The van der Waals surface area contributed by atoms with E-state index in [1.165, 1.54) is 0 Å². The Morgan fingerprint density at radius 2 is 1.82 bits per heavy atom. The van der Waals surface area contributed by atoms with E-state index in [2.05, 4.69) is 10.3 Å². The Morgan fingerprint density at radius 1 is 1.13 bits per heavy atom. The Morgan fingerprint density at radius 3 is 2.49 bits per heavy atom. The van der Waals surface area contributed by atoms with Crippen LogP contribution in [0.4, 0.5) is 23.4 Å². The molecule has 1 atom stereocenters. The molecular weight excluding hydrogens is 566 g/mol. The van der Waals surface area contributed by atoms with Crippen LogP contribution in [0.25, 0.3) is 0 Å². The van der Waals surface area contributed by atoms with Crippen molar-refractivity contribution in [1.29, 1.82) is 0 Å². The molecule has 2 aromatic carbocycles. The average molecular weight is 586 g/mol. The maximum atomic E-state index is 13.4. The van der Waals surface area contributed by atoms with Crippen molar-refractivity contribution in [2.24, 2.45) is 0 Å². The standard InChI is InChI=1S/C25H20ClF4N3O5S/c26-20-11-16(25(28,29)30)13-31-24(20)32-22(34)14-38-23(35)12-21-19-4-2-1-3-15(19)9-10-33(21)39(36,37)18-7-5-17(27)6-8-18/h1-8,11,13,21H,9-10,12,14H2,(H,31,32,34)/t21-/m0/s1. The number of rotatable bonds is 7. The van der Waals surface area contributed by atoms with Crippen LogP contribution in [0, 0.1) is 5.82 Å².